The summed E-state index contributed by atoms with van der Waals surface area (Å²) in [5.74, 6) is 0. The van der Waals surface area contributed by atoms with Crippen LogP contribution in [-0.4, -0.2) is 56.0 Å². The van der Waals surface area contributed by atoms with Gasteiger partial charge in [0.1, 0.15) is 0 Å². The van der Waals surface area contributed by atoms with E-state index < -0.39 is 5.41 Å². The van der Waals surface area contributed by atoms with Crippen molar-refractivity contribution in [2.24, 2.45) is 5.41 Å². The molecule has 108 valence electrons. The highest BCUT2D eigenvalue weighted by Crippen LogP contribution is 2.18. The summed E-state index contributed by atoms with van der Waals surface area (Å²) in [6.45, 7) is 3.35. The summed E-state index contributed by atoms with van der Waals surface area (Å²) in [7, 11) is 6.05. The van der Waals surface area contributed by atoms with Gasteiger partial charge in [0.05, 0.1) is 13.2 Å². The lowest BCUT2D eigenvalue weighted by molar-refractivity contribution is 0.0402. The van der Waals surface area contributed by atoms with Gasteiger partial charge in [-0.15, -0.1) is 0 Å². The van der Waals surface area contributed by atoms with E-state index in [4.69, 9.17) is 0 Å². The van der Waals surface area contributed by atoms with Crippen molar-refractivity contribution in [3.05, 3.63) is 29.8 Å². The lowest BCUT2D eigenvalue weighted by Crippen LogP contribution is -2.38. The molecule has 0 fully saturated rings. The van der Waals surface area contributed by atoms with Crippen LogP contribution in [0, 0.1) is 5.41 Å². The van der Waals surface area contributed by atoms with E-state index in [9.17, 15) is 10.2 Å². The second kappa shape index (κ2) is 6.89. The summed E-state index contributed by atoms with van der Waals surface area (Å²) in [4.78, 5) is 4.19. The van der Waals surface area contributed by atoms with E-state index in [1.165, 1.54) is 11.3 Å². The molecule has 1 rings (SSSR count). The van der Waals surface area contributed by atoms with Crippen LogP contribution >= 0.6 is 0 Å². The molecule has 0 heterocycles. The van der Waals surface area contributed by atoms with Crippen LogP contribution in [0.3, 0.4) is 0 Å². The minimum Gasteiger partial charge on any atom is -0.396 e. The van der Waals surface area contributed by atoms with Gasteiger partial charge in [-0.3, -0.25) is 0 Å². The summed E-state index contributed by atoms with van der Waals surface area (Å²) in [6, 6.07) is 8.42. The second-order valence-corrected chi connectivity index (χ2v) is 5.86. The summed E-state index contributed by atoms with van der Waals surface area (Å²) < 4.78 is 0. The molecule has 0 aliphatic rings. The Kier molecular flexibility index (Phi) is 5.79. The molecule has 19 heavy (non-hydrogen) atoms. The monoisotopic (exact) mass is 266 g/mol. The van der Waals surface area contributed by atoms with Gasteiger partial charge in [-0.25, -0.2) is 0 Å². The smallest absolute Gasteiger partial charge is 0.0519 e. The van der Waals surface area contributed by atoms with E-state index in [0.29, 0.717) is 6.54 Å². The summed E-state index contributed by atoms with van der Waals surface area (Å²) in [5, 5.41) is 18.6. The Morgan fingerprint density at radius 3 is 1.95 bits per heavy atom. The van der Waals surface area contributed by atoms with E-state index in [-0.39, 0.29) is 13.2 Å². The quantitative estimate of drug-likeness (QED) is 0.778. The first-order chi connectivity index (χ1) is 8.90. The molecule has 4 heteroatoms. The van der Waals surface area contributed by atoms with Crippen LogP contribution in [0.4, 0.5) is 5.69 Å². The van der Waals surface area contributed by atoms with Crippen LogP contribution in [0.1, 0.15) is 12.5 Å². The number of nitrogens with zero attached hydrogens (tertiary/aromatic N) is 2. The number of aliphatic hydroxyl groups excluding tert-OH is 2. The number of rotatable bonds is 7. The molecule has 4 nitrogen and oxygen atoms in total. The van der Waals surface area contributed by atoms with Gasteiger partial charge in [0, 0.05) is 38.3 Å². The van der Waals surface area contributed by atoms with Crippen molar-refractivity contribution in [2.45, 2.75) is 13.5 Å². The molecular weight excluding hydrogens is 240 g/mol. The number of hydrogen-bond acceptors (Lipinski definition) is 4. The van der Waals surface area contributed by atoms with Crippen LogP contribution in [-0.2, 0) is 6.54 Å². The highest BCUT2D eigenvalue weighted by molar-refractivity contribution is 5.45. The molecule has 0 aliphatic heterocycles. The Balaban J connectivity index is 2.59. The van der Waals surface area contributed by atoms with E-state index in [1.54, 1.807) is 0 Å². The predicted octanol–water partition coefficient (Wildman–Crippen LogP) is 1.18. The molecule has 0 atom stereocenters. The molecular formula is C15H26N2O2. The lowest BCUT2D eigenvalue weighted by Gasteiger charge is -2.30. The number of benzene rings is 1. The van der Waals surface area contributed by atoms with E-state index >= 15 is 0 Å². The molecule has 0 saturated heterocycles. The Labute approximate surface area is 116 Å². The van der Waals surface area contributed by atoms with Crippen molar-refractivity contribution in [1.82, 2.24) is 4.90 Å². The Morgan fingerprint density at radius 2 is 1.53 bits per heavy atom. The number of hydrogen-bond donors (Lipinski definition) is 2. The second-order valence-electron chi connectivity index (χ2n) is 5.86. The molecule has 0 aromatic heterocycles. The normalized spacial score (nSPS) is 11.9. The minimum absolute atomic E-state index is 0.00654. The fourth-order valence-electron chi connectivity index (χ4n) is 2.07. The third kappa shape index (κ3) is 4.82. The van der Waals surface area contributed by atoms with Crippen molar-refractivity contribution in [1.29, 1.82) is 0 Å². The highest BCUT2D eigenvalue weighted by atomic mass is 16.3. The van der Waals surface area contributed by atoms with Crippen LogP contribution < -0.4 is 4.90 Å². The highest BCUT2D eigenvalue weighted by Gasteiger charge is 2.24. The molecule has 0 unspecified atom stereocenters. The zero-order chi connectivity index (χ0) is 14.5. The van der Waals surface area contributed by atoms with Crippen LogP contribution in [0.15, 0.2) is 24.3 Å². The first kappa shape index (κ1) is 16.0. The van der Waals surface area contributed by atoms with Crippen molar-refractivity contribution < 1.29 is 10.2 Å². The van der Waals surface area contributed by atoms with E-state index in [2.05, 4.69) is 34.1 Å². The van der Waals surface area contributed by atoms with E-state index in [0.717, 1.165) is 6.54 Å². The average Bonchev–Trinajstić information content (AvgIpc) is 2.39. The van der Waals surface area contributed by atoms with Crippen LogP contribution in [0.5, 0.6) is 0 Å². The van der Waals surface area contributed by atoms with Gasteiger partial charge >= 0.3 is 0 Å². The molecule has 0 bridgehead atoms. The van der Waals surface area contributed by atoms with Gasteiger partial charge in [0.2, 0.25) is 0 Å². The number of aliphatic hydroxyl groups is 2. The largest absolute Gasteiger partial charge is 0.396 e. The third-order valence-electron chi connectivity index (χ3n) is 3.32. The first-order valence-corrected chi connectivity index (χ1v) is 6.57. The van der Waals surface area contributed by atoms with Crippen LogP contribution in [0.25, 0.3) is 0 Å². The zero-order valence-corrected chi connectivity index (χ0v) is 12.4. The maximum Gasteiger partial charge on any atom is 0.0519 e. The summed E-state index contributed by atoms with van der Waals surface area (Å²) in [6.07, 6.45) is 0. The maximum atomic E-state index is 9.31. The third-order valence-corrected chi connectivity index (χ3v) is 3.32. The minimum atomic E-state index is -0.446. The fourth-order valence-corrected chi connectivity index (χ4v) is 2.07. The molecule has 0 radical (unpaired) electrons. The molecule has 0 aliphatic carbocycles. The molecule has 2 N–H and O–H groups in total. The Hall–Kier alpha value is -1.10. The molecule has 0 saturated carbocycles. The van der Waals surface area contributed by atoms with Crippen molar-refractivity contribution >= 4 is 5.69 Å². The molecule has 1 aromatic carbocycles. The van der Waals surface area contributed by atoms with E-state index in [1.807, 2.05) is 28.1 Å². The van der Waals surface area contributed by atoms with Gasteiger partial charge < -0.3 is 20.0 Å². The standard InChI is InChI=1S/C15H26N2O2/c1-15(11-18,12-19)10-17(4)9-13-5-7-14(8-6-13)16(2)3/h5-8,18-19H,9-12H2,1-4H3. The van der Waals surface area contributed by atoms with Crippen molar-refractivity contribution in [2.75, 3.05) is 45.8 Å². The Morgan fingerprint density at radius 1 is 1.00 bits per heavy atom. The van der Waals surface area contributed by atoms with Crippen molar-refractivity contribution in [3.8, 4) is 0 Å². The first-order valence-electron chi connectivity index (χ1n) is 6.57. The summed E-state index contributed by atoms with van der Waals surface area (Å²) in [5.41, 5.74) is 1.96. The van der Waals surface area contributed by atoms with Crippen LogP contribution in [0.2, 0.25) is 0 Å². The fraction of sp³-hybridized carbons (Fsp3) is 0.600. The molecule has 1 aromatic rings. The lowest BCUT2D eigenvalue weighted by atomic mass is 9.92. The topological polar surface area (TPSA) is 46.9 Å². The number of anilines is 1. The SMILES string of the molecule is CN(Cc1ccc(N(C)C)cc1)CC(C)(CO)CO. The van der Waals surface area contributed by atoms with Gasteiger partial charge in [-0.2, -0.15) is 0 Å². The Bertz CT molecular complexity index is 372. The zero-order valence-electron chi connectivity index (χ0n) is 12.4. The molecule has 0 amide bonds. The van der Waals surface area contributed by atoms with Gasteiger partial charge in [-0.1, -0.05) is 19.1 Å². The molecule has 0 spiro atoms. The van der Waals surface area contributed by atoms with Crippen molar-refractivity contribution in [3.63, 3.8) is 0 Å². The van der Waals surface area contributed by atoms with Gasteiger partial charge in [-0.05, 0) is 24.7 Å². The predicted molar refractivity (Wildman–Crippen MR) is 79.4 cm³/mol. The van der Waals surface area contributed by atoms with Gasteiger partial charge in [0.15, 0.2) is 0 Å². The maximum absolute atomic E-state index is 9.31. The summed E-state index contributed by atoms with van der Waals surface area (Å²) >= 11 is 0. The van der Waals surface area contributed by atoms with Gasteiger partial charge in [0.25, 0.3) is 0 Å². The average molecular weight is 266 g/mol.